The topological polar surface area (TPSA) is 68.0 Å². The highest BCUT2D eigenvalue weighted by Crippen LogP contribution is 2.31. The van der Waals surface area contributed by atoms with Crippen molar-refractivity contribution in [3.05, 3.63) is 89.4 Å². The lowest BCUT2D eigenvalue weighted by Crippen LogP contribution is -2.26. The molecule has 0 aliphatic rings. The Morgan fingerprint density at radius 2 is 1.70 bits per heavy atom. The van der Waals surface area contributed by atoms with Crippen molar-refractivity contribution in [3.63, 3.8) is 0 Å². The summed E-state index contributed by atoms with van der Waals surface area (Å²) in [7, 11) is 0. The number of rotatable bonds is 7. The maximum atomic E-state index is 13.8. The first-order chi connectivity index (χ1) is 14.6. The van der Waals surface area contributed by atoms with Crippen LogP contribution in [0.3, 0.4) is 0 Å². The van der Waals surface area contributed by atoms with Crippen molar-refractivity contribution >= 4 is 28.6 Å². The summed E-state index contributed by atoms with van der Waals surface area (Å²) in [6.07, 6.45) is 3.34. The molecule has 0 aliphatic carbocycles. The molecule has 2 aromatic carbocycles. The van der Waals surface area contributed by atoms with Crippen molar-refractivity contribution in [2.45, 2.75) is 17.3 Å². The third kappa shape index (κ3) is 4.33. The predicted molar refractivity (Wildman–Crippen MR) is 110 cm³/mol. The van der Waals surface area contributed by atoms with Crippen LogP contribution in [-0.4, -0.2) is 22.4 Å². The molecule has 0 unspecified atom stereocenters. The first-order valence-corrected chi connectivity index (χ1v) is 10.2. The van der Waals surface area contributed by atoms with Gasteiger partial charge in [-0.25, -0.2) is 18.7 Å². The van der Waals surface area contributed by atoms with Gasteiger partial charge < -0.3 is 9.73 Å². The lowest BCUT2D eigenvalue weighted by atomic mass is 10.1. The third-order valence-corrected chi connectivity index (χ3v) is 5.42. The van der Waals surface area contributed by atoms with Gasteiger partial charge in [-0.05, 0) is 30.7 Å². The van der Waals surface area contributed by atoms with E-state index in [9.17, 15) is 13.6 Å². The third-order valence-electron chi connectivity index (χ3n) is 4.51. The molecule has 4 rings (SSSR count). The normalized spacial score (nSPS) is 11.0. The summed E-state index contributed by atoms with van der Waals surface area (Å²) in [6, 6.07) is 12.8. The Morgan fingerprint density at radius 1 is 0.967 bits per heavy atom. The number of thioether (sulfide) groups is 1. The first-order valence-electron chi connectivity index (χ1n) is 9.25. The van der Waals surface area contributed by atoms with Gasteiger partial charge in [0.15, 0.2) is 10.9 Å². The molecule has 0 spiro atoms. The Labute approximate surface area is 175 Å². The minimum absolute atomic E-state index is 0.0341. The highest BCUT2D eigenvalue weighted by molar-refractivity contribution is 7.98. The molecule has 1 N–H and O–H groups in total. The number of hydrogen-bond donors (Lipinski definition) is 1. The van der Waals surface area contributed by atoms with Crippen LogP contribution in [0.2, 0.25) is 0 Å². The first kappa shape index (κ1) is 20.0. The van der Waals surface area contributed by atoms with Crippen LogP contribution in [0.4, 0.5) is 8.78 Å². The fraction of sp³-hybridized carbons (Fsp3) is 0.136. The van der Waals surface area contributed by atoms with E-state index in [-0.39, 0.29) is 24.3 Å². The molecular formula is C22H17F2N3O2S. The lowest BCUT2D eigenvalue weighted by Gasteiger charge is -2.07. The summed E-state index contributed by atoms with van der Waals surface area (Å²) in [4.78, 5) is 21.1. The molecule has 0 radical (unpaired) electrons. The Balaban J connectivity index is 1.51. The lowest BCUT2D eigenvalue weighted by molar-refractivity contribution is 0.0927. The largest absolute Gasteiger partial charge is 0.451 e. The highest BCUT2D eigenvalue weighted by atomic mass is 32.2. The number of aromatic nitrogens is 2. The Hall–Kier alpha value is -3.26. The molecule has 0 saturated carbocycles. The van der Waals surface area contributed by atoms with Crippen molar-refractivity contribution in [3.8, 4) is 0 Å². The van der Waals surface area contributed by atoms with E-state index in [2.05, 4.69) is 15.3 Å². The van der Waals surface area contributed by atoms with E-state index in [1.807, 2.05) is 18.2 Å². The van der Waals surface area contributed by atoms with Gasteiger partial charge in [0.1, 0.15) is 17.2 Å². The molecule has 0 atom stereocenters. The summed E-state index contributed by atoms with van der Waals surface area (Å²) in [5, 5.41) is 4.11. The van der Waals surface area contributed by atoms with Crippen LogP contribution >= 0.6 is 11.8 Å². The molecular weight excluding hydrogens is 408 g/mol. The van der Waals surface area contributed by atoms with Crippen LogP contribution in [0.1, 0.15) is 21.7 Å². The number of halogens is 2. The molecule has 2 aromatic heterocycles. The summed E-state index contributed by atoms with van der Waals surface area (Å²) in [5.41, 5.74) is 1.25. The zero-order valence-corrected chi connectivity index (χ0v) is 16.6. The van der Waals surface area contributed by atoms with Gasteiger partial charge in [-0.15, -0.1) is 0 Å². The van der Waals surface area contributed by atoms with Crippen molar-refractivity contribution in [1.29, 1.82) is 0 Å². The van der Waals surface area contributed by atoms with Crippen LogP contribution in [0.15, 0.2) is 70.5 Å². The van der Waals surface area contributed by atoms with Gasteiger partial charge in [-0.1, -0.05) is 36.0 Å². The molecule has 30 heavy (non-hydrogen) atoms. The second kappa shape index (κ2) is 9.04. The summed E-state index contributed by atoms with van der Waals surface area (Å²) >= 11 is 1.39. The number of para-hydroxylation sites is 1. The fourth-order valence-electron chi connectivity index (χ4n) is 3.07. The number of amides is 1. The maximum absolute atomic E-state index is 13.8. The number of fused-ring (bicyclic) bond motifs is 1. The minimum atomic E-state index is -0.632. The predicted octanol–water partition coefficient (Wildman–Crippen LogP) is 4.77. The van der Waals surface area contributed by atoms with E-state index in [4.69, 9.17) is 4.42 Å². The molecule has 8 heteroatoms. The van der Waals surface area contributed by atoms with Gasteiger partial charge in [0, 0.05) is 41.2 Å². The molecule has 2 heterocycles. The summed E-state index contributed by atoms with van der Waals surface area (Å²) in [6.45, 7) is 0.0715. The van der Waals surface area contributed by atoms with Crippen LogP contribution in [0, 0.1) is 11.6 Å². The zero-order chi connectivity index (χ0) is 20.9. The second-order valence-corrected chi connectivity index (χ2v) is 7.37. The average Bonchev–Trinajstić information content (AvgIpc) is 3.14. The van der Waals surface area contributed by atoms with Gasteiger partial charge >= 0.3 is 0 Å². The van der Waals surface area contributed by atoms with Gasteiger partial charge in [-0.3, -0.25) is 4.79 Å². The summed E-state index contributed by atoms with van der Waals surface area (Å²) < 4.78 is 33.3. The SMILES string of the molecule is O=C(NCCc1c(F)cccc1F)c1oc2ccccc2c1CSc1ncccn1. The molecule has 5 nitrogen and oxygen atoms in total. The van der Waals surface area contributed by atoms with Crippen molar-refractivity contribution in [1.82, 2.24) is 15.3 Å². The summed E-state index contributed by atoms with van der Waals surface area (Å²) in [5.74, 6) is -1.09. The number of nitrogens with one attached hydrogen (secondary N) is 1. The van der Waals surface area contributed by atoms with Gasteiger partial charge in [-0.2, -0.15) is 0 Å². The molecule has 0 aliphatic heterocycles. The Bertz CT molecular complexity index is 1160. The molecule has 0 bridgehead atoms. The molecule has 0 saturated heterocycles. The van der Waals surface area contributed by atoms with Gasteiger partial charge in [0.2, 0.25) is 0 Å². The number of furan rings is 1. The van der Waals surface area contributed by atoms with Gasteiger partial charge in [0.05, 0.1) is 0 Å². The second-order valence-electron chi connectivity index (χ2n) is 6.43. The Morgan fingerprint density at radius 3 is 2.47 bits per heavy atom. The molecule has 152 valence electrons. The Kier molecular flexibility index (Phi) is 6.04. The van der Waals surface area contributed by atoms with E-state index in [0.717, 1.165) is 10.9 Å². The number of carbonyl (C=O) groups is 1. The van der Waals surface area contributed by atoms with Crippen molar-refractivity contribution in [2.75, 3.05) is 6.54 Å². The van der Waals surface area contributed by atoms with Crippen molar-refractivity contribution in [2.24, 2.45) is 0 Å². The molecule has 0 fully saturated rings. The fourth-order valence-corrected chi connectivity index (χ4v) is 3.91. The van der Waals surface area contributed by atoms with E-state index < -0.39 is 17.5 Å². The van der Waals surface area contributed by atoms with E-state index in [0.29, 0.717) is 16.5 Å². The number of nitrogens with zero attached hydrogens (tertiary/aromatic N) is 2. The number of hydrogen-bond acceptors (Lipinski definition) is 5. The molecule has 4 aromatic rings. The zero-order valence-electron chi connectivity index (χ0n) is 15.8. The van der Waals surface area contributed by atoms with E-state index in [1.54, 1.807) is 24.5 Å². The standard InChI is InChI=1S/C22H17F2N3O2S/c23-17-6-3-7-18(24)15(17)9-12-25-21(28)20-16(13-30-22-26-10-4-11-27-22)14-5-1-2-8-19(14)29-20/h1-8,10-11H,9,12-13H2,(H,25,28). The number of carbonyl (C=O) groups excluding carboxylic acids is 1. The maximum Gasteiger partial charge on any atom is 0.287 e. The minimum Gasteiger partial charge on any atom is -0.451 e. The van der Waals surface area contributed by atoms with Crippen molar-refractivity contribution < 1.29 is 18.0 Å². The van der Waals surface area contributed by atoms with Crippen LogP contribution in [0.5, 0.6) is 0 Å². The quantitative estimate of drug-likeness (QED) is 0.341. The smallest absolute Gasteiger partial charge is 0.287 e. The monoisotopic (exact) mass is 425 g/mol. The highest BCUT2D eigenvalue weighted by Gasteiger charge is 2.21. The van der Waals surface area contributed by atoms with E-state index in [1.165, 1.54) is 30.0 Å². The van der Waals surface area contributed by atoms with E-state index >= 15 is 0 Å². The van der Waals surface area contributed by atoms with Gasteiger partial charge in [0.25, 0.3) is 5.91 Å². The van der Waals surface area contributed by atoms with Crippen LogP contribution < -0.4 is 5.32 Å². The van der Waals surface area contributed by atoms with Crippen LogP contribution in [-0.2, 0) is 12.2 Å². The average molecular weight is 425 g/mol. The number of benzene rings is 2. The molecule has 1 amide bonds. The van der Waals surface area contributed by atoms with Crippen LogP contribution in [0.25, 0.3) is 11.0 Å².